The maximum absolute atomic E-state index is 15.5. The summed E-state index contributed by atoms with van der Waals surface area (Å²) in [5.74, 6) is -1.01. The van der Waals surface area contributed by atoms with E-state index in [1.54, 1.807) is 24.5 Å². The second-order valence-electron chi connectivity index (χ2n) is 13.0. The van der Waals surface area contributed by atoms with Crippen LogP contribution in [0.5, 0.6) is 0 Å². The number of hydrogen-bond donors (Lipinski definition) is 2. The molecule has 0 spiro atoms. The fourth-order valence-electron chi connectivity index (χ4n) is 7.07. The third-order valence-electron chi connectivity index (χ3n) is 9.88. The zero-order valence-corrected chi connectivity index (χ0v) is 25.8. The highest BCUT2D eigenvalue weighted by atomic mass is 19.1. The molecule has 0 amide bonds. The van der Waals surface area contributed by atoms with Gasteiger partial charge in [-0.25, -0.2) is 8.78 Å². The van der Waals surface area contributed by atoms with Crippen LogP contribution in [0.15, 0.2) is 50.7 Å². The Kier molecular flexibility index (Phi) is 6.68. The molecule has 2 N–H and O–H groups in total. The van der Waals surface area contributed by atoms with Crippen molar-refractivity contribution in [3.63, 3.8) is 0 Å². The summed E-state index contributed by atoms with van der Waals surface area (Å²) in [6, 6.07) is 6.54. The van der Waals surface area contributed by atoms with Gasteiger partial charge in [0.2, 0.25) is 10.9 Å². The second kappa shape index (κ2) is 11.0. The van der Waals surface area contributed by atoms with E-state index in [1.807, 2.05) is 18.9 Å². The lowest BCUT2D eigenvalue weighted by Gasteiger charge is -2.30. The summed E-state index contributed by atoms with van der Waals surface area (Å²) < 4.78 is 41.1. The van der Waals surface area contributed by atoms with Gasteiger partial charge in [0, 0.05) is 87.6 Å². The fraction of sp³-hybridized carbons (Fsp3) is 0.412. The lowest BCUT2D eigenvalue weighted by atomic mass is 10.1. The van der Waals surface area contributed by atoms with Crippen LogP contribution >= 0.6 is 0 Å². The van der Waals surface area contributed by atoms with Crippen LogP contribution < -0.4 is 31.3 Å². The zero-order valence-electron chi connectivity index (χ0n) is 25.8. The number of nitrogens with zero attached hydrogens (tertiary/aromatic N) is 6. The van der Waals surface area contributed by atoms with Crippen molar-refractivity contribution in [2.75, 3.05) is 62.2 Å². The van der Waals surface area contributed by atoms with E-state index in [-0.39, 0.29) is 45.8 Å². The van der Waals surface area contributed by atoms with E-state index in [1.165, 1.54) is 12.1 Å². The van der Waals surface area contributed by atoms with Crippen LogP contribution in [0.4, 0.5) is 20.2 Å². The van der Waals surface area contributed by atoms with Crippen LogP contribution in [0.25, 0.3) is 44.7 Å². The maximum Gasteiger partial charge on any atom is 0.253 e. The van der Waals surface area contributed by atoms with Gasteiger partial charge in [0.05, 0.1) is 22.4 Å². The Balaban J connectivity index is 1.14. The van der Waals surface area contributed by atoms with Crippen LogP contribution in [0.1, 0.15) is 37.8 Å². The van der Waals surface area contributed by atoms with Crippen LogP contribution in [0.2, 0.25) is 0 Å². The third-order valence-corrected chi connectivity index (χ3v) is 9.88. The van der Waals surface area contributed by atoms with Crippen LogP contribution in [0, 0.1) is 11.6 Å². The molecule has 2 aliphatic carbocycles. The standard InChI is InChI=1S/C34H34F2N8O3/c35-25-13-21-27(15-29(25)41-9-5-37-6-10-41)43(19-1-2-19)17-23(31(21)45)33-39-40-34(47-33)24-18-44(20-3-4-20)28-16-30(42-11-7-38-8-12-42)26(36)14-22(28)32(24)46/h13-20,37-38H,1-12H2. The average molecular weight is 641 g/mol. The molecule has 9 rings (SSSR count). The first-order valence-corrected chi connectivity index (χ1v) is 16.5. The first kappa shape index (κ1) is 28.6. The lowest BCUT2D eigenvalue weighted by molar-refractivity contribution is 0.566. The lowest BCUT2D eigenvalue weighted by Crippen LogP contribution is -2.43. The summed E-state index contributed by atoms with van der Waals surface area (Å²) >= 11 is 0. The summed E-state index contributed by atoms with van der Waals surface area (Å²) in [5, 5.41) is 15.4. The molecular formula is C34H34F2N8O3. The van der Waals surface area contributed by atoms with E-state index < -0.39 is 22.5 Å². The third kappa shape index (κ3) is 4.91. The van der Waals surface area contributed by atoms with Gasteiger partial charge in [0.1, 0.15) is 22.8 Å². The van der Waals surface area contributed by atoms with Crippen molar-refractivity contribution in [1.29, 1.82) is 0 Å². The number of nitrogens with one attached hydrogen (secondary N) is 2. The number of fused-ring (bicyclic) bond motifs is 2. The van der Waals surface area contributed by atoms with Crippen LogP contribution in [-0.2, 0) is 0 Å². The number of piperazine rings is 2. The number of halogens is 2. The molecule has 5 aromatic rings. The number of benzene rings is 2. The summed E-state index contributed by atoms with van der Waals surface area (Å²) in [4.78, 5) is 31.7. The van der Waals surface area contributed by atoms with E-state index in [2.05, 4.69) is 20.8 Å². The van der Waals surface area contributed by atoms with Crippen molar-refractivity contribution >= 4 is 33.2 Å². The zero-order chi connectivity index (χ0) is 31.8. The molecule has 2 aromatic carbocycles. The minimum atomic E-state index is -0.452. The van der Waals surface area contributed by atoms with Crippen molar-refractivity contribution in [2.45, 2.75) is 37.8 Å². The number of pyridine rings is 2. The molecule has 4 fully saturated rings. The van der Waals surface area contributed by atoms with Gasteiger partial charge in [-0.15, -0.1) is 10.2 Å². The Morgan fingerprint density at radius 3 is 1.43 bits per heavy atom. The van der Waals surface area contributed by atoms with Crippen molar-refractivity contribution in [3.05, 3.63) is 68.7 Å². The van der Waals surface area contributed by atoms with Crippen LogP contribution in [-0.4, -0.2) is 71.7 Å². The largest absolute Gasteiger partial charge is 0.416 e. The van der Waals surface area contributed by atoms with Gasteiger partial charge in [-0.2, -0.15) is 0 Å². The van der Waals surface area contributed by atoms with Gasteiger partial charge in [0.25, 0.3) is 11.8 Å². The SMILES string of the molecule is O=c1c(-c2nnc(-c3cn(C4CC4)c4cc(N5CCNCC5)c(F)cc4c3=O)o2)cn(C2CC2)c2cc(N3CCNCC3)c(F)cc12. The molecule has 11 nitrogen and oxygen atoms in total. The number of rotatable bonds is 6. The van der Waals surface area contributed by atoms with Crippen molar-refractivity contribution < 1.29 is 13.2 Å². The molecular weight excluding hydrogens is 606 g/mol. The van der Waals surface area contributed by atoms with Gasteiger partial charge < -0.3 is 34.0 Å². The second-order valence-corrected chi connectivity index (χ2v) is 13.0. The highest BCUT2D eigenvalue weighted by Gasteiger charge is 2.31. The van der Waals surface area contributed by atoms with Crippen molar-refractivity contribution in [1.82, 2.24) is 30.0 Å². The molecule has 0 atom stereocenters. The normalized spacial score (nSPS) is 18.9. The number of aromatic nitrogens is 4. The molecule has 3 aromatic heterocycles. The summed E-state index contributed by atoms with van der Waals surface area (Å²) in [6.45, 7) is 5.78. The van der Waals surface area contributed by atoms with E-state index in [0.29, 0.717) is 48.6 Å². The highest BCUT2D eigenvalue weighted by Crippen LogP contribution is 2.41. The number of hydrogen-bond acceptors (Lipinski definition) is 9. The number of anilines is 2. The molecule has 0 radical (unpaired) electrons. The van der Waals surface area contributed by atoms with Crippen LogP contribution in [0.3, 0.4) is 0 Å². The first-order chi connectivity index (χ1) is 22.9. The van der Waals surface area contributed by atoms with Crippen molar-refractivity contribution in [3.8, 4) is 22.9 Å². The van der Waals surface area contributed by atoms with Gasteiger partial charge in [0.15, 0.2) is 0 Å². The molecule has 0 bridgehead atoms. The Labute approximate surface area is 267 Å². The molecule has 13 heteroatoms. The van der Waals surface area contributed by atoms with Gasteiger partial charge in [-0.1, -0.05) is 0 Å². The smallest absolute Gasteiger partial charge is 0.253 e. The Bertz CT molecular complexity index is 2020. The van der Waals surface area contributed by atoms with Gasteiger partial charge in [-0.3, -0.25) is 9.59 Å². The quantitative estimate of drug-likeness (QED) is 0.286. The Hall–Kier alpha value is -4.62. The van der Waals surface area contributed by atoms with E-state index in [0.717, 1.165) is 51.9 Å². The Morgan fingerprint density at radius 2 is 1.04 bits per heavy atom. The maximum atomic E-state index is 15.5. The molecule has 2 saturated heterocycles. The molecule has 47 heavy (non-hydrogen) atoms. The summed E-state index contributed by atoms with van der Waals surface area (Å²) in [6.07, 6.45) is 7.20. The topological polar surface area (TPSA) is 113 Å². The summed E-state index contributed by atoms with van der Waals surface area (Å²) in [5.41, 5.74) is 1.75. The fourth-order valence-corrected chi connectivity index (χ4v) is 7.07. The van der Waals surface area contributed by atoms with Gasteiger partial charge in [-0.05, 0) is 49.9 Å². The highest BCUT2D eigenvalue weighted by molar-refractivity contribution is 5.88. The minimum Gasteiger partial charge on any atom is -0.416 e. The van der Waals surface area contributed by atoms with E-state index in [4.69, 9.17) is 4.42 Å². The van der Waals surface area contributed by atoms with E-state index in [9.17, 15) is 9.59 Å². The molecule has 2 saturated carbocycles. The predicted molar refractivity (Wildman–Crippen MR) is 175 cm³/mol. The van der Waals surface area contributed by atoms with Crippen molar-refractivity contribution in [2.24, 2.45) is 0 Å². The molecule has 0 unspecified atom stereocenters. The Morgan fingerprint density at radius 1 is 0.638 bits per heavy atom. The molecule has 5 heterocycles. The molecule has 4 aliphatic rings. The van der Waals surface area contributed by atoms with E-state index >= 15 is 8.78 Å². The molecule has 2 aliphatic heterocycles. The monoisotopic (exact) mass is 640 g/mol. The summed E-state index contributed by atoms with van der Waals surface area (Å²) in [7, 11) is 0. The predicted octanol–water partition coefficient (Wildman–Crippen LogP) is 3.80. The first-order valence-electron chi connectivity index (χ1n) is 16.5. The minimum absolute atomic E-state index is 0.0504. The molecule has 242 valence electrons. The average Bonchev–Trinajstić information content (AvgIpc) is 4.04. The van der Waals surface area contributed by atoms with Gasteiger partial charge >= 0.3 is 0 Å².